The van der Waals surface area contributed by atoms with E-state index in [0.29, 0.717) is 19.0 Å². The third kappa shape index (κ3) is 1.44. The van der Waals surface area contributed by atoms with Gasteiger partial charge in [0, 0.05) is 13.1 Å². The first-order chi connectivity index (χ1) is 6.68. The number of carbonyl (C=O) groups is 1. The Kier molecular flexibility index (Phi) is 2.12. The van der Waals surface area contributed by atoms with Gasteiger partial charge in [-0.2, -0.15) is 0 Å². The molecule has 14 heavy (non-hydrogen) atoms. The van der Waals surface area contributed by atoms with Gasteiger partial charge in [-0.05, 0) is 0 Å². The first-order valence-corrected chi connectivity index (χ1v) is 4.29. The monoisotopic (exact) mass is 197 g/mol. The maximum atomic E-state index is 11.4. The molecule has 0 atom stereocenters. The fraction of sp³-hybridized carbons (Fsp3) is 0.500. The number of aromatic nitrogens is 2. The summed E-state index contributed by atoms with van der Waals surface area (Å²) in [7, 11) is 1.68. The van der Waals surface area contributed by atoms with E-state index >= 15 is 0 Å². The number of carbonyl (C=O) groups excluding carboxylic acids is 1. The number of aromatic hydroxyl groups is 1. The molecule has 6 nitrogen and oxygen atoms in total. The second-order valence-electron chi connectivity index (χ2n) is 3.08. The molecule has 1 aromatic rings. The quantitative estimate of drug-likeness (QED) is 0.658. The molecule has 2 rings (SSSR count). The van der Waals surface area contributed by atoms with Crippen molar-refractivity contribution in [2.75, 3.05) is 24.7 Å². The molecule has 0 spiro atoms. The Morgan fingerprint density at radius 1 is 1.64 bits per heavy atom. The van der Waals surface area contributed by atoms with E-state index in [1.807, 2.05) is 0 Å². The van der Waals surface area contributed by atoms with Gasteiger partial charge in [-0.25, -0.2) is 4.68 Å². The Balaban J connectivity index is 2.28. The predicted octanol–water partition coefficient (Wildman–Crippen LogP) is -0.511. The van der Waals surface area contributed by atoms with E-state index in [-0.39, 0.29) is 18.4 Å². The summed E-state index contributed by atoms with van der Waals surface area (Å²) in [5, 5.41) is 12.9. The molecule has 1 aliphatic heterocycles. The number of rotatable bonds is 1. The molecule has 0 radical (unpaired) electrons. The van der Waals surface area contributed by atoms with Crippen LogP contribution in [-0.4, -0.2) is 40.6 Å². The largest absolute Gasteiger partial charge is 0.492 e. The fourth-order valence-electron chi connectivity index (χ4n) is 1.46. The summed E-state index contributed by atoms with van der Waals surface area (Å²) in [4.78, 5) is 13.0. The zero-order chi connectivity index (χ0) is 10.1. The minimum atomic E-state index is -0.112. The molecule has 1 aliphatic rings. The van der Waals surface area contributed by atoms with Gasteiger partial charge in [-0.3, -0.25) is 9.69 Å². The average molecular weight is 197 g/mol. The average Bonchev–Trinajstić information content (AvgIpc) is 2.46. The van der Waals surface area contributed by atoms with Crippen molar-refractivity contribution in [3.05, 3.63) is 6.07 Å². The van der Waals surface area contributed by atoms with Crippen LogP contribution in [0.2, 0.25) is 0 Å². The molecule has 1 amide bonds. The van der Waals surface area contributed by atoms with Gasteiger partial charge in [0.05, 0.1) is 13.2 Å². The van der Waals surface area contributed by atoms with Gasteiger partial charge in [-0.15, -0.1) is 5.10 Å². The lowest BCUT2D eigenvalue weighted by molar-refractivity contribution is -0.125. The highest BCUT2D eigenvalue weighted by atomic mass is 16.5. The Bertz CT molecular complexity index is 361. The second kappa shape index (κ2) is 3.30. The highest BCUT2D eigenvalue weighted by Crippen LogP contribution is 2.20. The van der Waals surface area contributed by atoms with Gasteiger partial charge in [-0.1, -0.05) is 0 Å². The standard InChI is InChI=1S/C8H11N3O3/c1-10-7(4-6(12)9-10)11-2-3-14-5-8(11)13/h4H,2-3,5H2,1H3,(H,9,12). The number of aryl methyl sites for hydroxylation is 1. The maximum absolute atomic E-state index is 11.4. The zero-order valence-corrected chi connectivity index (χ0v) is 7.80. The van der Waals surface area contributed by atoms with E-state index < -0.39 is 0 Å². The van der Waals surface area contributed by atoms with Crippen LogP contribution < -0.4 is 4.90 Å². The first kappa shape index (κ1) is 9.01. The number of hydrogen-bond acceptors (Lipinski definition) is 4. The third-order valence-corrected chi connectivity index (χ3v) is 2.10. The zero-order valence-electron chi connectivity index (χ0n) is 7.80. The molecule has 0 aliphatic carbocycles. The van der Waals surface area contributed by atoms with Gasteiger partial charge < -0.3 is 9.84 Å². The lowest BCUT2D eigenvalue weighted by Gasteiger charge is -2.26. The molecule has 1 aromatic heterocycles. The van der Waals surface area contributed by atoms with E-state index in [9.17, 15) is 4.79 Å². The molecule has 1 saturated heterocycles. The van der Waals surface area contributed by atoms with E-state index in [1.165, 1.54) is 10.7 Å². The van der Waals surface area contributed by atoms with Crippen molar-refractivity contribution < 1.29 is 14.6 Å². The van der Waals surface area contributed by atoms with E-state index in [1.54, 1.807) is 11.9 Å². The van der Waals surface area contributed by atoms with Crippen molar-refractivity contribution in [3.63, 3.8) is 0 Å². The van der Waals surface area contributed by atoms with Crippen LogP contribution in [-0.2, 0) is 16.6 Å². The molecule has 76 valence electrons. The number of anilines is 1. The number of nitrogens with zero attached hydrogens (tertiary/aromatic N) is 3. The number of ether oxygens (including phenoxy) is 1. The second-order valence-corrected chi connectivity index (χ2v) is 3.08. The molecule has 6 heteroatoms. The summed E-state index contributed by atoms with van der Waals surface area (Å²) in [6.45, 7) is 1.10. The van der Waals surface area contributed by atoms with Gasteiger partial charge in [0.1, 0.15) is 12.4 Å². The SMILES string of the molecule is Cn1nc(O)cc1N1CCOCC1=O. The van der Waals surface area contributed by atoms with E-state index in [2.05, 4.69) is 5.10 Å². The molecule has 1 N–H and O–H groups in total. The molecule has 1 fully saturated rings. The number of hydrogen-bond donors (Lipinski definition) is 1. The van der Waals surface area contributed by atoms with Gasteiger partial charge >= 0.3 is 0 Å². The van der Waals surface area contributed by atoms with Crippen LogP contribution in [0.25, 0.3) is 0 Å². The highest BCUT2D eigenvalue weighted by molar-refractivity contribution is 5.94. The predicted molar refractivity (Wildman–Crippen MR) is 48.0 cm³/mol. The lowest BCUT2D eigenvalue weighted by Crippen LogP contribution is -2.42. The van der Waals surface area contributed by atoms with Gasteiger partial charge in [0.15, 0.2) is 0 Å². The summed E-state index contributed by atoms with van der Waals surface area (Å²) in [5.41, 5.74) is 0. The summed E-state index contributed by atoms with van der Waals surface area (Å²) in [6, 6.07) is 1.46. The van der Waals surface area contributed by atoms with Crippen LogP contribution in [0.5, 0.6) is 5.88 Å². The van der Waals surface area contributed by atoms with Crippen molar-refractivity contribution in [2.24, 2.45) is 7.05 Å². The Labute approximate surface area is 80.7 Å². The van der Waals surface area contributed by atoms with Crippen LogP contribution in [0.1, 0.15) is 0 Å². The van der Waals surface area contributed by atoms with E-state index in [4.69, 9.17) is 9.84 Å². The molecule has 0 unspecified atom stereocenters. The highest BCUT2D eigenvalue weighted by Gasteiger charge is 2.23. The molecule has 0 bridgehead atoms. The van der Waals surface area contributed by atoms with Gasteiger partial charge in [0.2, 0.25) is 5.88 Å². The van der Waals surface area contributed by atoms with Crippen LogP contribution >= 0.6 is 0 Å². The summed E-state index contributed by atoms with van der Waals surface area (Å²) in [6.07, 6.45) is 0. The first-order valence-electron chi connectivity index (χ1n) is 4.29. The van der Waals surface area contributed by atoms with Crippen molar-refractivity contribution in [3.8, 4) is 5.88 Å². The Morgan fingerprint density at radius 3 is 3.00 bits per heavy atom. The molecular weight excluding hydrogens is 186 g/mol. The van der Waals surface area contributed by atoms with Crippen molar-refractivity contribution >= 4 is 11.7 Å². The van der Waals surface area contributed by atoms with Crippen LogP contribution in [0.4, 0.5) is 5.82 Å². The van der Waals surface area contributed by atoms with Crippen molar-refractivity contribution in [2.45, 2.75) is 0 Å². The minimum Gasteiger partial charge on any atom is -0.492 e. The number of morpholine rings is 1. The Hall–Kier alpha value is -1.56. The fourth-order valence-corrected chi connectivity index (χ4v) is 1.46. The minimum absolute atomic E-state index is 0.0817. The van der Waals surface area contributed by atoms with Crippen LogP contribution in [0.15, 0.2) is 6.07 Å². The molecule has 0 aromatic carbocycles. The summed E-state index contributed by atoms with van der Waals surface area (Å²) in [5.74, 6) is 0.400. The molecular formula is C8H11N3O3. The van der Waals surface area contributed by atoms with Crippen molar-refractivity contribution in [1.82, 2.24) is 9.78 Å². The number of amides is 1. The normalized spacial score (nSPS) is 17.5. The molecule has 2 heterocycles. The van der Waals surface area contributed by atoms with Crippen LogP contribution in [0, 0.1) is 0 Å². The lowest BCUT2D eigenvalue weighted by atomic mass is 10.4. The summed E-state index contributed by atoms with van der Waals surface area (Å²) < 4.78 is 6.47. The third-order valence-electron chi connectivity index (χ3n) is 2.10. The smallest absolute Gasteiger partial charge is 0.254 e. The maximum Gasteiger partial charge on any atom is 0.254 e. The van der Waals surface area contributed by atoms with Crippen LogP contribution in [0.3, 0.4) is 0 Å². The Morgan fingerprint density at radius 2 is 2.43 bits per heavy atom. The molecule has 0 saturated carbocycles. The van der Waals surface area contributed by atoms with Gasteiger partial charge in [0.25, 0.3) is 5.91 Å². The van der Waals surface area contributed by atoms with Crippen molar-refractivity contribution in [1.29, 1.82) is 0 Å². The summed E-state index contributed by atoms with van der Waals surface area (Å²) >= 11 is 0. The topological polar surface area (TPSA) is 67.6 Å². The van der Waals surface area contributed by atoms with E-state index in [0.717, 1.165) is 0 Å².